The van der Waals surface area contributed by atoms with E-state index in [9.17, 15) is 19.5 Å². The molecule has 1 aromatic carbocycles. The predicted octanol–water partition coefficient (Wildman–Crippen LogP) is 1.86. The number of carbonyl (C=O) groups excluding carboxylic acids is 2. The topological polar surface area (TPSA) is 96.4 Å². The highest BCUT2D eigenvalue weighted by molar-refractivity contribution is 5.80. The van der Waals surface area contributed by atoms with E-state index >= 15 is 0 Å². The summed E-state index contributed by atoms with van der Waals surface area (Å²) in [6.07, 6.45) is 1.35. The van der Waals surface area contributed by atoms with Gasteiger partial charge in [0.05, 0.1) is 26.7 Å². The van der Waals surface area contributed by atoms with Crippen molar-refractivity contribution in [3.63, 3.8) is 0 Å². The van der Waals surface area contributed by atoms with Gasteiger partial charge in [0.15, 0.2) is 11.5 Å². The maximum atomic E-state index is 12.8. The smallest absolute Gasteiger partial charge is 0.305 e. The molecule has 0 radical (unpaired) electrons. The van der Waals surface area contributed by atoms with Crippen LogP contribution in [-0.2, 0) is 20.8 Å². The van der Waals surface area contributed by atoms with E-state index in [0.717, 1.165) is 11.1 Å². The minimum Gasteiger partial charge on any atom is -0.493 e. The number of hydrogen-bond donors (Lipinski definition) is 1. The van der Waals surface area contributed by atoms with E-state index in [1.54, 1.807) is 32.2 Å². The Morgan fingerprint density at radius 1 is 1.14 bits per heavy atom. The second-order valence-corrected chi connectivity index (χ2v) is 7.00. The number of ether oxygens (including phenoxy) is 2. The molecule has 0 fully saturated rings. The maximum Gasteiger partial charge on any atom is 0.305 e. The number of fused-ring (bicyclic) bond motifs is 1. The first-order valence-corrected chi connectivity index (χ1v) is 9.24. The number of hydrogen-bond acceptors (Lipinski definition) is 5. The van der Waals surface area contributed by atoms with Crippen molar-refractivity contribution < 1.29 is 29.0 Å². The zero-order valence-corrected chi connectivity index (χ0v) is 16.9. The molecule has 1 atom stereocenters. The molecule has 0 aromatic heterocycles. The highest BCUT2D eigenvalue weighted by Crippen LogP contribution is 2.39. The van der Waals surface area contributed by atoms with Crippen LogP contribution in [0.15, 0.2) is 12.1 Å². The van der Waals surface area contributed by atoms with Crippen molar-refractivity contribution in [1.29, 1.82) is 0 Å². The number of amides is 2. The molecule has 8 heteroatoms. The Morgan fingerprint density at radius 3 is 2.36 bits per heavy atom. The first-order valence-electron chi connectivity index (χ1n) is 9.24. The van der Waals surface area contributed by atoms with Gasteiger partial charge in [0, 0.05) is 33.5 Å². The molecule has 2 rings (SSSR count). The number of methoxy groups -OCH3 is 2. The van der Waals surface area contributed by atoms with Crippen LogP contribution < -0.4 is 9.47 Å². The Labute approximate surface area is 165 Å². The Balaban J connectivity index is 2.23. The molecular weight excluding hydrogens is 364 g/mol. The third kappa shape index (κ3) is 4.94. The summed E-state index contributed by atoms with van der Waals surface area (Å²) in [5.41, 5.74) is 1.72. The lowest BCUT2D eigenvalue weighted by molar-refractivity contribution is -0.141. The van der Waals surface area contributed by atoms with Gasteiger partial charge in [0.25, 0.3) is 0 Å². The van der Waals surface area contributed by atoms with E-state index in [2.05, 4.69) is 0 Å². The molecule has 154 valence electrons. The lowest BCUT2D eigenvalue weighted by Crippen LogP contribution is -2.41. The number of carboxylic acid groups (broad SMARTS) is 1. The molecule has 28 heavy (non-hydrogen) atoms. The molecule has 0 saturated carbocycles. The van der Waals surface area contributed by atoms with Crippen molar-refractivity contribution in [1.82, 2.24) is 9.80 Å². The van der Waals surface area contributed by atoms with Crippen LogP contribution in [0.4, 0.5) is 0 Å². The number of carbonyl (C=O) groups is 3. The van der Waals surface area contributed by atoms with Crippen molar-refractivity contribution in [2.75, 3.05) is 34.9 Å². The fourth-order valence-electron chi connectivity index (χ4n) is 3.47. The molecule has 0 aliphatic carbocycles. The standard InChI is InChI=1S/C20H28N2O6/c1-21(2)18(23)6-5-7-19(24)22-9-8-13-10-16(27-3)17(28-4)11-14(13)15(22)12-20(25)26/h10-11,15H,5-9,12H2,1-4H3,(H,25,26). The minimum atomic E-state index is -0.978. The zero-order chi connectivity index (χ0) is 20.8. The predicted molar refractivity (Wildman–Crippen MR) is 103 cm³/mol. The summed E-state index contributed by atoms with van der Waals surface area (Å²) in [7, 11) is 6.42. The van der Waals surface area contributed by atoms with Gasteiger partial charge in [0.1, 0.15) is 0 Å². The molecule has 1 heterocycles. The van der Waals surface area contributed by atoms with Gasteiger partial charge in [-0.1, -0.05) is 0 Å². The fraction of sp³-hybridized carbons (Fsp3) is 0.550. The summed E-state index contributed by atoms with van der Waals surface area (Å²) in [6, 6.07) is 3.04. The molecule has 1 unspecified atom stereocenters. The molecule has 1 N–H and O–H groups in total. The average Bonchev–Trinajstić information content (AvgIpc) is 2.66. The molecule has 2 amide bonds. The average molecular weight is 392 g/mol. The van der Waals surface area contributed by atoms with Crippen LogP contribution in [-0.4, -0.2) is 67.5 Å². The second-order valence-electron chi connectivity index (χ2n) is 7.00. The van der Waals surface area contributed by atoms with Crippen LogP contribution in [0.25, 0.3) is 0 Å². The highest BCUT2D eigenvalue weighted by Gasteiger charge is 2.33. The van der Waals surface area contributed by atoms with Gasteiger partial charge in [-0.25, -0.2) is 0 Å². The quantitative estimate of drug-likeness (QED) is 0.725. The second kappa shape index (κ2) is 9.43. The van der Waals surface area contributed by atoms with Gasteiger partial charge in [-0.05, 0) is 36.1 Å². The van der Waals surface area contributed by atoms with Crippen LogP contribution in [0.3, 0.4) is 0 Å². The van der Waals surface area contributed by atoms with Gasteiger partial charge in [-0.2, -0.15) is 0 Å². The molecule has 1 aromatic rings. The Morgan fingerprint density at radius 2 is 1.79 bits per heavy atom. The number of aliphatic carboxylic acids is 1. The fourth-order valence-corrected chi connectivity index (χ4v) is 3.47. The normalized spacial score (nSPS) is 15.6. The van der Waals surface area contributed by atoms with Crippen LogP contribution in [0.2, 0.25) is 0 Å². The van der Waals surface area contributed by atoms with E-state index in [-0.39, 0.29) is 31.1 Å². The molecule has 0 spiro atoms. The summed E-state index contributed by atoms with van der Waals surface area (Å²) in [6.45, 7) is 0.431. The van der Waals surface area contributed by atoms with Crippen LogP contribution in [0.5, 0.6) is 11.5 Å². The molecule has 1 aliphatic rings. The van der Waals surface area contributed by atoms with Crippen molar-refractivity contribution >= 4 is 17.8 Å². The van der Waals surface area contributed by atoms with E-state index in [4.69, 9.17) is 9.47 Å². The van der Waals surface area contributed by atoms with E-state index in [1.165, 1.54) is 12.0 Å². The molecule has 0 saturated heterocycles. The summed E-state index contributed by atoms with van der Waals surface area (Å²) >= 11 is 0. The van der Waals surface area contributed by atoms with Crippen molar-refractivity contribution in [3.05, 3.63) is 23.3 Å². The molecule has 8 nitrogen and oxygen atoms in total. The minimum absolute atomic E-state index is 0.0318. The van der Waals surface area contributed by atoms with E-state index in [0.29, 0.717) is 30.9 Å². The summed E-state index contributed by atoms with van der Waals surface area (Å²) in [5, 5.41) is 9.38. The Hall–Kier alpha value is -2.77. The van der Waals surface area contributed by atoms with Crippen molar-refractivity contribution in [2.24, 2.45) is 0 Å². The Bertz CT molecular complexity index is 746. The van der Waals surface area contributed by atoms with Gasteiger partial charge >= 0.3 is 5.97 Å². The lowest BCUT2D eigenvalue weighted by atomic mass is 9.89. The summed E-state index contributed by atoms with van der Waals surface area (Å²) < 4.78 is 10.7. The zero-order valence-electron chi connectivity index (χ0n) is 16.9. The van der Waals surface area contributed by atoms with Crippen LogP contribution >= 0.6 is 0 Å². The number of carboxylic acids is 1. The Kier molecular flexibility index (Phi) is 7.25. The molecule has 1 aliphatic heterocycles. The number of rotatable bonds is 8. The van der Waals surface area contributed by atoms with E-state index < -0.39 is 12.0 Å². The van der Waals surface area contributed by atoms with Crippen LogP contribution in [0, 0.1) is 0 Å². The number of benzene rings is 1. The summed E-state index contributed by atoms with van der Waals surface area (Å²) in [4.78, 5) is 39.0. The SMILES string of the molecule is COc1cc2c(cc1OC)C(CC(=O)O)N(C(=O)CCCC(=O)N(C)C)CC2. The van der Waals surface area contributed by atoms with Crippen molar-refractivity contribution in [2.45, 2.75) is 38.1 Å². The molecule has 0 bridgehead atoms. The third-order valence-electron chi connectivity index (χ3n) is 4.97. The first-order chi connectivity index (χ1) is 13.3. The van der Waals surface area contributed by atoms with Crippen LogP contribution in [0.1, 0.15) is 42.9 Å². The third-order valence-corrected chi connectivity index (χ3v) is 4.97. The lowest BCUT2D eigenvalue weighted by Gasteiger charge is -2.37. The van der Waals surface area contributed by atoms with Gasteiger partial charge < -0.3 is 24.4 Å². The number of nitrogens with zero attached hydrogens (tertiary/aromatic N) is 2. The molecular formula is C20H28N2O6. The highest BCUT2D eigenvalue weighted by atomic mass is 16.5. The van der Waals surface area contributed by atoms with E-state index in [1.807, 2.05) is 6.07 Å². The monoisotopic (exact) mass is 392 g/mol. The summed E-state index contributed by atoms with van der Waals surface area (Å²) in [5.74, 6) is -0.0676. The maximum absolute atomic E-state index is 12.8. The van der Waals surface area contributed by atoms with Gasteiger partial charge in [-0.3, -0.25) is 14.4 Å². The van der Waals surface area contributed by atoms with Crippen molar-refractivity contribution in [3.8, 4) is 11.5 Å². The first kappa shape index (κ1) is 21.5. The largest absolute Gasteiger partial charge is 0.493 e. The van der Waals surface area contributed by atoms with Gasteiger partial charge in [0.2, 0.25) is 11.8 Å². The van der Waals surface area contributed by atoms with Gasteiger partial charge in [-0.15, -0.1) is 0 Å².